The number of aliphatic hydroxyl groups is 1. The molecule has 1 unspecified atom stereocenters. The summed E-state index contributed by atoms with van der Waals surface area (Å²) in [5, 5.41) is 9.59. The van der Waals surface area contributed by atoms with E-state index in [2.05, 4.69) is 49.9 Å². The number of aryl methyl sites for hydroxylation is 1. The molecule has 0 amide bonds. The first kappa shape index (κ1) is 13.4. The summed E-state index contributed by atoms with van der Waals surface area (Å²) in [4.78, 5) is 2.50. The van der Waals surface area contributed by atoms with Crippen LogP contribution in [0.2, 0.25) is 0 Å². The summed E-state index contributed by atoms with van der Waals surface area (Å²) < 4.78 is 0. The molecule has 2 rings (SSSR count). The molecule has 0 bridgehead atoms. The molecule has 0 spiro atoms. The number of hydrogen-bond donors (Lipinski definition) is 1. The first-order valence-corrected chi connectivity index (χ1v) is 7.07. The van der Waals surface area contributed by atoms with Gasteiger partial charge in [0.25, 0.3) is 0 Å². The van der Waals surface area contributed by atoms with E-state index in [1.807, 2.05) is 0 Å². The number of benzene rings is 1. The topological polar surface area (TPSA) is 23.5 Å². The maximum atomic E-state index is 9.59. The van der Waals surface area contributed by atoms with Crippen molar-refractivity contribution in [1.29, 1.82) is 0 Å². The van der Waals surface area contributed by atoms with E-state index >= 15 is 0 Å². The lowest BCUT2D eigenvalue weighted by atomic mass is 9.79. The van der Waals surface area contributed by atoms with Crippen molar-refractivity contribution in [3.8, 4) is 0 Å². The summed E-state index contributed by atoms with van der Waals surface area (Å²) in [5.74, 6) is 0.371. The van der Waals surface area contributed by atoms with Crippen LogP contribution in [-0.2, 0) is 6.42 Å². The average molecular weight is 247 g/mol. The normalized spacial score (nSPS) is 23.1. The summed E-state index contributed by atoms with van der Waals surface area (Å²) in [6.07, 6.45) is 3.37. The molecule has 0 saturated carbocycles. The lowest BCUT2D eigenvalue weighted by molar-refractivity contribution is 0.135. The third kappa shape index (κ3) is 2.26. The zero-order valence-electron chi connectivity index (χ0n) is 11.8. The van der Waals surface area contributed by atoms with Gasteiger partial charge in [-0.2, -0.15) is 0 Å². The second-order valence-electron chi connectivity index (χ2n) is 5.81. The molecule has 1 aliphatic heterocycles. The van der Waals surface area contributed by atoms with Crippen LogP contribution >= 0.6 is 0 Å². The minimum Gasteiger partial charge on any atom is -0.396 e. The fourth-order valence-electron chi connectivity index (χ4n) is 3.18. The van der Waals surface area contributed by atoms with E-state index in [4.69, 9.17) is 0 Å². The number of anilines is 1. The van der Waals surface area contributed by atoms with Crippen LogP contribution in [-0.4, -0.2) is 23.8 Å². The van der Waals surface area contributed by atoms with Crippen molar-refractivity contribution in [2.75, 3.05) is 18.1 Å². The molecule has 100 valence electrons. The van der Waals surface area contributed by atoms with E-state index < -0.39 is 0 Å². The van der Waals surface area contributed by atoms with Gasteiger partial charge in [-0.15, -0.1) is 0 Å². The van der Waals surface area contributed by atoms with Crippen LogP contribution in [0.3, 0.4) is 0 Å². The number of piperidine rings is 1. The highest BCUT2D eigenvalue weighted by molar-refractivity contribution is 5.56. The van der Waals surface area contributed by atoms with Gasteiger partial charge in [-0.3, -0.25) is 0 Å². The highest BCUT2D eigenvalue weighted by Gasteiger charge is 2.38. The van der Waals surface area contributed by atoms with Gasteiger partial charge in [0.2, 0.25) is 0 Å². The van der Waals surface area contributed by atoms with E-state index in [-0.39, 0.29) is 12.1 Å². The molecule has 1 aliphatic rings. The lowest BCUT2D eigenvalue weighted by Crippen LogP contribution is -2.54. The van der Waals surface area contributed by atoms with Crippen LogP contribution in [0.1, 0.15) is 39.2 Å². The second-order valence-corrected chi connectivity index (χ2v) is 5.81. The third-order valence-corrected chi connectivity index (χ3v) is 4.51. The maximum absolute atomic E-state index is 9.59. The SMILES string of the molecule is CCc1ccccc1N1CCCC(CO)C1(C)C. The Morgan fingerprint density at radius 1 is 1.33 bits per heavy atom. The highest BCUT2D eigenvalue weighted by Crippen LogP contribution is 2.38. The molecular formula is C16H25NO. The van der Waals surface area contributed by atoms with Crippen LogP contribution in [0, 0.1) is 5.92 Å². The van der Waals surface area contributed by atoms with E-state index in [0.29, 0.717) is 5.92 Å². The van der Waals surface area contributed by atoms with Crippen LogP contribution in [0.25, 0.3) is 0 Å². The minimum atomic E-state index is 0.0400. The predicted molar refractivity (Wildman–Crippen MR) is 77.1 cm³/mol. The summed E-state index contributed by atoms with van der Waals surface area (Å²) in [5.41, 5.74) is 2.80. The molecule has 1 atom stereocenters. The molecule has 18 heavy (non-hydrogen) atoms. The molecule has 1 aromatic carbocycles. The molecule has 1 saturated heterocycles. The molecule has 2 heteroatoms. The highest BCUT2D eigenvalue weighted by atomic mass is 16.3. The van der Waals surface area contributed by atoms with Gasteiger partial charge in [0.15, 0.2) is 0 Å². The molecule has 1 N–H and O–H groups in total. The standard InChI is InChI=1S/C16H25NO/c1-4-13-8-5-6-10-15(13)17-11-7-9-14(12-18)16(17,2)3/h5-6,8,10,14,18H,4,7,9,11-12H2,1-3H3. The molecule has 1 aromatic rings. The molecule has 0 aliphatic carbocycles. The summed E-state index contributed by atoms with van der Waals surface area (Å²) >= 11 is 0. The molecule has 1 heterocycles. The Bertz CT molecular complexity index is 400. The van der Waals surface area contributed by atoms with Gasteiger partial charge in [-0.25, -0.2) is 0 Å². The van der Waals surface area contributed by atoms with Crippen LogP contribution in [0.5, 0.6) is 0 Å². The van der Waals surface area contributed by atoms with Gasteiger partial charge in [0.1, 0.15) is 0 Å². The Morgan fingerprint density at radius 2 is 2.06 bits per heavy atom. The first-order chi connectivity index (χ1) is 8.61. The average Bonchev–Trinajstić information content (AvgIpc) is 2.38. The minimum absolute atomic E-state index is 0.0400. The number of nitrogens with zero attached hydrogens (tertiary/aromatic N) is 1. The third-order valence-electron chi connectivity index (χ3n) is 4.51. The molecule has 2 nitrogen and oxygen atoms in total. The zero-order valence-corrected chi connectivity index (χ0v) is 11.8. The Labute approximate surface area is 111 Å². The number of hydrogen-bond acceptors (Lipinski definition) is 2. The van der Waals surface area contributed by atoms with Crippen molar-refractivity contribution in [2.24, 2.45) is 5.92 Å². The quantitative estimate of drug-likeness (QED) is 0.886. The van der Waals surface area contributed by atoms with Gasteiger partial charge in [0, 0.05) is 30.3 Å². The second kappa shape index (κ2) is 5.31. The van der Waals surface area contributed by atoms with Crippen molar-refractivity contribution in [3.05, 3.63) is 29.8 Å². The Kier molecular flexibility index (Phi) is 3.96. The van der Waals surface area contributed by atoms with Gasteiger partial charge in [-0.1, -0.05) is 25.1 Å². The van der Waals surface area contributed by atoms with E-state index in [1.54, 1.807) is 0 Å². The van der Waals surface area contributed by atoms with Gasteiger partial charge in [-0.05, 0) is 44.7 Å². The Morgan fingerprint density at radius 3 is 2.72 bits per heavy atom. The smallest absolute Gasteiger partial charge is 0.0481 e. The molecular weight excluding hydrogens is 222 g/mol. The number of rotatable bonds is 3. The Hall–Kier alpha value is -1.02. The number of aliphatic hydroxyl groups excluding tert-OH is 1. The fraction of sp³-hybridized carbons (Fsp3) is 0.625. The number of para-hydroxylation sites is 1. The predicted octanol–water partition coefficient (Wildman–Crippen LogP) is 3.24. The van der Waals surface area contributed by atoms with Crippen molar-refractivity contribution in [3.63, 3.8) is 0 Å². The van der Waals surface area contributed by atoms with Crippen molar-refractivity contribution < 1.29 is 5.11 Å². The summed E-state index contributed by atoms with van der Waals surface area (Å²) in [6, 6.07) is 8.67. The van der Waals surface area contributed by atoms with Crippen LogP contribution < -0.4 is 4.90 Å². The van der Waals surface area contributed by atoms with Gasteiger partial charge in [0.05, 0.1) is 0 Å². The summed E-state index contributed by atoms with van der Waals surface area (Å²) in [6.45, 7) is 8.12. The molecule has 1 fully saturated rings. The monoisotopic (exact) mass is 247 g/mol. The molecule has 0 radical (unpaired) electrons. The molecule has 0 aromatic heterocycles. The van der Waals surface area contributed by atoms with Crippen molar-refractivity contribution in [1.82, 2.24) is 0 Å². The maximum Gasteiger partial charge on any atom is 0.0481 e. The van der Waals surface area contributed by atoms with E-state index in [9.17, 15) is 5.11 Å². The Balaban J connectivity index is 2.36. The lowest BCUT2D eigenvalue weighted by Gasteiger charge is -2.49. The van der Waals surface area contributed by atoms with Crippen LogP contribution in [0.4, 0.5) is 5.69 Å². The fourth-order valence-corrected chi connectivity index (χ4v) is 3.18. The first-order valence-electron chi connectivity index (χ1n) is 7.07. The van der Waals surface area contributed by atoms with E-state index in [1.165, 1.54) is 17.7 Å². The van der Waals surface area contributed by atoms with Gasteiger partial charge < -0.3 is 10.0 Å². The summed E-state index contributed by atoms with van der Waals surface area (Å²) in [7, 11) is 0. The van der Waals surface area contributed by atoms with Gasteiger partial charge >= 0.3 is 0 Å². The van der Waals surface area contributed by atoms with Crippen LogP contribution in [0.15, 0.2) is 24.3 Å². The zero-order chi connectivity index (χ0) is 13.2. The van der Waals surface area contributed by atoms with E-state index in [0.717, 1.165) is 19.4 Å². The van der Waals surface area contributed by atoms with Crippen molar-refractivity contribution >= 4 is 5.69 Å². The van der Waals surface area contributed by atoms with Crippen molar-refractivity contribution in [2.45, 2.75) is 45.6 Å². The largest absolute Gasteiger partial charge is 0.396 e.